The van der Waals surface area contributed by atoms with Gasteiger partial charge in [0.25, 0.3) is 0 Å². The van der Waals surface area contributed by atoms with E-state index in [-0.39, 0.29) is 35.4 Å². The maximum Gasteiger partial charge on any atom is 0.323 e. The zero-order valence-electron chi connectivity index (χ0n) is 18.9. The highest BCUT2D eigenvalue weighted by atomic mass is 16.6. The fourth-order valence-corrected chi connectivity index (χ4v) is 8.56. The number of amides is 1. The number of piperidine rings is 1. The molecule has 2 aliphatic heterocycles. The lowest BCUT2D eigenvalue weighted by Crippen LogP contribution is -2.66. The van der Waals surface area contributed by atoms with Crippen LogP contribution in [0.4, 0.5) is 0 Å². The van der Waals surface area contributed by atoms with Gasteiger partial charge in [-0.2, -0.15) is 5.26 Å². The minimum atomic E-state index is -0.599. The molecule has 174 valence electrons. The number of carbonyl (C=O) groups excluding carboxylic acids is 2. The molecule has 2 heterocycles. The van der Waals surface area contributed by atoms with Crippen molar-refractivity contribution in [2.45, 2.75) is 107 Å². The van der Waals surface area contributed by atoms with E-state index in [1.165, 1.54) is 6.42 Å². The molecule has 3 N–H and O–H groups in total. The first-order valence-electron chi connectivity index (χ1n) is 12.9. The molecule has 32 heavy (non-hydrogen) atoms. The van der Waals surface area contributed by atoms with Crippen molar-refractivity contribution in [1.29, 1.82) is 5.26 Å². The Morgan fingerprint density at radius 2 is 1.88 bits per heavy atom. The molecule has 7 fully saturated rings. The van der Waals surface area contributed by atoms with Gasteiger partial charge in [0.15, 0.2) is 0 Å². The number of likely N-dealkylation sites (tertiary alicyclic amines) is 1. The Morgan fingerprint density at radius 1 is 1.09 bits per heavy atom. The Hall–Kier alpha value is -1.65. The van der Waals surface area contributed by atoms with Crippen molar-refractivity contribution in [2.75, 3.05) is 6.54 Å². The molecule has 0 spiro atoms. The minimum Gasteiger partial charge on any atom is -0.458 e. The van der Waals surface area contributed by atoms with Crippen LogP contribution in [0.2, 0.25) is 0 Å². The number of nitrogens with two attached hydrogens (primary N) is 1. The molecular weight excluding hydrogens is 404 g/mol. The summed E-state index contributed by atoms with van der Waals surface area (Å²) in [4.78, 5) is 28.6. The molecule has 0 aromatic rings. The molecule has 7 nitrogen and oxygen atoms in total. The maximum absolute atomic E-state index is 13.6. The van der Waals surface area contributed by atoms with E-state index in [4.69, 9.17) is 10.5 Å². The van der Waals surface area contributed by atoms with Gasteiger partial charge in [0.2, 0.25) is 5.91 Å². The van der Waals surface area contributed by atoms with Crippen LogP contribution in [-0.4, -0.2) is 53.1 Å². The van der Waals surface area contributed by atoms with E-state index in [1.54, 1.807) is 0 Å². The van der Waals surface area contributed by atoms with Crippen LogP contribution in [0.1, 0.15) is 77.0 Å². The normalized spacial score (nSPS) is 47.3. The first-order valence-corrected chi connectivity index (χ1v) is 12.9. The molecule has 7 heteroatoms. The van der Waals surface area contributed by atoms with E-state index in [1.807, 2.05) is 4.90 Å². The predicted molar refractivity (Wildman–Crippen MR) is 117 cm³/mol. The lowest BCUT2D eigenvalue weighted by atomic mass is 9.46. The number of rotatable bonds is 4. The molecule has 1 amide bonds. The second-order valence-corrected chi connectivity index (χ2v) is 12.0. The lowest BCUT2D eigenvalue weighted by Gasteiger charge is -2.62. The van der Waals surface area contributed by atoms with Crippen molar-refractivity contribution in [3.05, 3.63) is 0 Å². The Labute approximate surface area is 190 Å². The lowest BCUT2D eigenvalue weighted by molar-refractivity contribution is -0.207. The summed E-state index contributed by atoms with van der Waals surface area (Å²) in [5.41, 5.74) is 6.03. The highest BCUT2D eigenvalue weighted by Crippen LogP contribution is 2.64. The van der Waals surface area contributed by atoms with E-state index in [9.17, 15) is 14.9 Å². The molecular formula is C25H36N4O3. The standard InChI is InChI=1S/C25H36N4O3/c26-13-18-7-17-8-20(17)29(18)22(30)21(27)24-9-15-6-16(10-24)12-25(11-15,14-24)32-23(31)19-4-2-1-3-5-28-19/h15-21,28H,1-12,14,27H2/t15?,16?,17-,18+,19+,20+,21-,24?,25?/m1/s1. The molecule has 0 aromatic heterocycles. The first kappa shape index (κ1) is 20.9. The second kappa shape index (κ2) is 7.43. The Morgan fingerprint density at radius 3 is 2.62 bits per heavy atom. The van der Waals surface area contributed by atoms with Gasteiger partial charge in [-0.15, -0.1) is 0 Å². The zero-order valence-corrected chi connectivity index (χ0v) is 18.9. The van der Waals surface area contributed by atoms with Crippen LogP contribution in [0.25, 0.3) is 0 Å². The van der Waals surface area contributed by atoms with Crippen LogP contribution in [0.15, 0.2) is 0 Å². The van der Waals surface area contributed by atoms with E-state index < -0.39 is 11.6 Å². The average molecular weight is 441 g/mol. The van der Waals surface area contributed by atoms with Crippen LogP contribution >= 0.6 is 0 Å². The molecule has 0 aromatic carbocycles. The van der Waals surface area contributed by atoms with Crippen molar-refractivity contribution >= 4 is 11.9 Å². The molecule has 5 aliphatic carbocycles. The Balaban J connectivity index is 1.22. The Bertz CT molecular complexity index is 831. The number of nitrogens with one attached hydrogen (secondary N) is 1. The number of ether oxygens (including phenoxy) is 1. The summed E-state index contributed by atoms with van der Waals surface area (Å²) in [6, 6.07) is 1.43. The van der Waals surface area contributed by atoms with Gasteiger partial charge in [0, 0.05) is 6.04 Å². The van der Waals surface area contributed by atoms with Crippen LogP contribution in [-0.2, 0) is 14.3 Å². The first-order chi connectivity index (χ1) is 15.4. The molecule has 2 unspecified atom stereocenters. The Kier molecular flexibility index (Phi) is 4.86. The molecule has 4 bridgehead atoms. The SMILES string of the molecule is N#C[C@@H]1C[C@@H]2C[C@@H]2N1C(=O)[C@@H](N)C12CC3CC(CC(OC(=O)[C@@H]4CCCCCN4)(C3)C1)C2. The summed E-state index contributed by atoms with van der Waals surface area (Å²) in [7, 11) is 0. The van der Waals surface area contributed by atoms with Crippen LogP contribution in [0.3, 0.4) is 0 Å². The number of nitriles is 1. The van der Waals surface area contributed by atoms with Crippen LogP contribution in [0.5, 0.6) is 0 Å². The molecule has 2 saturated heterocycles. The third-order valence-corrected chi connectivity index (χ3v) is 9.65. The van der Waals surface area contributed by atoms with Crippen molar-refractivity contribution in [3.63, 3.8) is 0 Å². The van der Waals surface area contributed by atoms with Crippen molar-refractivity contribution in [3.8, 4) is 6.07 Å². The summed E-state index contributed by atoms with van der Waals surface area (Å²) >= 11 is 0. The number of nitrogens with zero attached hydrogens (tertiary/aromatic N) is 2. The molecule has 0 radical (unpaired) electrons. The molecule has 7 rings (SSSR count). The fourth-order valence-electron chi connectivity index (χ4n) is 8.56. The smallest absolute Gasteiger partial charge is 0.323 e. The van der Waals surface area contributed by atoms with Gasteiger partial charge in [-0.3, -0.25) is 9.59 Å². The van der Waals surface area contributed by atoms with E-state index in [2.05, 4.69) is 11.4 Å². The van der Waals surface area contributed by atoms with Gasteiger partial charge >= 0.3 is 5.97 Å². The predicted octanol–water partition coefficient (Wildman–Crippen LogP) is 2.24. The third kappa shape index (κ3) is 3.28. The monoisotopic (exact) mass is 440 g/mol. The number of hydrogen-bond donors (Lipinski definition) is 2. The largest absolute Gasteiger partial charge is 0.458 e. The summed E-state index contributed by atoms with van der Waals surface area (Å²) < 4.78 is 6.36. The van der Waals surface area contributed by atoms with Gasteiger partial charge in [-0.25, -0.2) is 0 Å². The summed E-state index contributed by atoms with van der Waals surface area (Å²) in [5.74, 6) is 1.31. The quantitative estimate of drug-likeness (QED) is 0.649. The minimum absolute atomic E-state index is 0.0320. The second-order valence-electron chi connectivity index (χ2n) is 12.0. The van der Waals surface area contributed by atoms with E-state index in [0.717, 1.165) is 70.8 Å². The van der Waals surface area contributed by atoms with E-state index >= 15 is 0 Å². The molecule has 5 saturated carbocycles. The zero-order chi connectivity index (χ0) is 22.1. The van der Waals surface area contributed by atoms with Crippen molar-refractivity contribution in [2.24, 2.45) is 28.9 Å². The number of fused-ring (bicyclic) bond motifs is 1. The molecule has 7 atom stereocenters. The number of esters is 1. The third-order valence-electron chi connectivity index (χ3n) is 9.65. The van der Waals surface area contributed by atoms with Gasteiger partial charge in [-0.05, 0) is 93.9 Å². The summed E-state index contributed by atoms with van der Waals surface area (Å²) in [6.07, 6.45) is 11.6. The average Bonchev–Trinajstić information content (AvgIpc) is 3.49. The van der Waals surface area contributed by atoms with Crippen LogP contribution in [0, 0.1) is 34.5 Å². The van der Waals surface area contributed by atoms with Gasteiger partial charge in [0.1, 0.15) is 17.7 Å². The molecule has 7 aliphatic rings. The maximum atomic E-state index is 13.6. The highest BCUT2D eigenvalue weighted by Gasteiger charge is 2.64. The van der Waals surface area contributed by atoms with Gasteiger partial charge in [0.05, 0.1) is 12.1 Å². The topological polar surface area (TPSA) is 108 Å². The number of carbonyl (C=O) groups is 2. The summed E-state index contributed by atoms with van der Waals surface area (Å²) in [6.45, 7) is 0.874. The fraction of sp³-hybridized carbons (Fsp3) is 0.880. The van der Waals surface area contributed by atoms with Crippen molar-refractivity contribution in [1.82, 2.24) is 10.2 Å². The number of hydrogen-bond acceptors (Lipinski definition) is 6. The summed E-state index contributed by atoms with van der Waals surface area (Å²) in [5, 5.41) is 13.0. The van der Waals surface area contributed by atoms with Crippen molar-refractivity contribution < 1.29 is 14.3 Å². The highest BCUT2D eigenvalue weighted by molar-refractivity contribution is 5.84. The van der Waals surface area contributed by atoms with Gasteiger partial charge < -0.3 is 20.7 Å². The van der Waals surface area contributed by atoms with E-state index in [0.29, 0.717) is 24.2 Å². The van der Waals surface area contributed by atoms with Crippen LogP contribution < -0.4 is 11.1 Å². The van der Waals surface area contributed by atoms with Gasteiger partial charge in [-0.1, -0.05) is 12.8 Å².